The minimum atomic E-state index is 0.699. The zero-order chi connectivity index (χ0) is 9.68. The van der Waals surface area contributed by atoms with Gasteiger partial charge in [-0.3, -0.25) is 0 Å². The summed E-state index contributed by atoms with van der Waals surface area (Å²) >= 11 is 1.89. The van der Waals surface area contributed by atoms with E-state index in [2.05, 4.69) is 19.6 Å². The van der Waals surface area contributed by atoms with Crippen molar-refractivity contribution in [3.8, 4) is 0 Å². The highest BCUT2D eigenvalue weighted by molar-refractivity contribution is 8.04. The molecule has 1 atom stereocenters. The van der Waals surface area contributed by atoms with Crippen molar-refractivity contribution >= 4 is 11.8 Å². The van der Waals surface area contributed by atoms with E-state index in [1.807, 2.05) is 23.9 Å². The second-order valence-electron chi connectivity index (χ2n) is 3.00. The van der Waals surface area contributed by atoms with Crippen molar-refractivity contribution in [2.24, 2.45) is 5.73 Å². The molecule has 0 saturated carbocycles. The van der Waals surface area contributed by atoms with E-state index in [-0.39, 0.29) is 0 Å². The maximum atomic E-state index is 5.21. The topological polar surface area (TPSA) is 26.0 Å². The van der Waals surface area contributed by atoms with Gasteiger partial charge in [0.2, 0.25) is 0 Å². The fraction of sp³-hybridized carbons (Fsp3) is 0.273. The van der Waals surface area contributed by atoms with Crippen LogP contribution in [0, 0.1) is 0 Å². The second kappa shape index (κ2) is 4.97. The van der Waals surface area contributed by atoms with Gasteiger partial charge < -0.3 is 5.73 Å². The molecule has 0 amide bonds. The number of hydrogen-bond acceptors (Lipinski definition) is 2. The van der Waals surface area contributed by atoms with Crippen molar-refractivity contribution in [3.05, 3.63) is 47.6 Å². The van der Waals surface area contributed by atoms with Crippen molar-refractivity contribution in [2.75, 3.05) is 0 Å². The smallest absolute Gasteiger partial charge is 0.0102 e. The lowest BCUT2D eigenvalue weighted by Crippen LogP contribution is -1.85. The molecule has 0 aliphatic carbocycles. The minimum absolute atomic E-state index is 0.699. The minimum Gasteiger partial charge on any atom is -0.405 e. The van der Waals surface area contributed by atoms with Crippen LogP contribution in [0.1, 0.15) is 13.3 Å². The zero-order valence-electron chi connectivity index (χ0n) is 7.86. The van der Waals surface area contributed by atoms with Crippen molar-refractivity contribution in [1.29, 1.82) is 0 Å². The van der Waals surface area contributed by atoms with Crippen LogP contribution in [0.15, 0.2) is 47.6 Å². The predicted molar refractivity (Wildman–Crippen MR) is 61.4 cm³/mol. The summed E-state index contributed by atoms with van der Waals surface area (Å²) in [6.45, 7) is 6.22. The Bertz CT molecular complexity index is 274. The molecule has 2 N–H and O–H groups in total. The molecule has 2 heteroatoms. The Kier molecular flexibility index (Phi) is 3.90. The molecule has 0 radical (unpaired) electrons. The van der Waals surface area contributed by atoms with E-state index in [0.29, 0.717) is 5.25 Å². The molecule has 1 heterocycles. The van der Waals surface area contributed by atoms with Crippen molar-refractivity contribution < 1.29 is 0 Å². The first-order valence-electron chi connectivity index (χ1n) is 4.35. The van der Waals surface area contributed by atoms with Crippen LogP contribution in [0.5, 0.6) is 0 Å². The van der Waals surface area contributed by atoms with Gasteiger partial charge in [0.25, 0.3) is 0 Å². The van der Waals surface area contributed by atoms with E-state index in [1.165, 1.54) is 11.1 Å². The predicted octanol–water partition coefficient (Wildman–Crippen LogP) is 2.98. The maximum absolute atomic E-state index is 5.21. The number of thioether (sulfide) groups is 1. The summed E-state index contributed by atoms with van der Waals surface area (Å²) in [7, 11) is 0. The summed E-state index contributed by atoms with van der Waals surface area (Å²) in [4.78, 5) is 1.30. The molecule has 1 aliphatic rings. The summed E-state index contributed by atoms with van der Waals surface area (Å²) in [6, 6.07) is 0. The van der Waals surface area contributed by atoms with Gasteiger partial charge in [0, 0.05) is 10.2 Å². The van der Waals surface area contributed by atoms with Crippen LogP contribution in [-0.4, -0.2) is 5.25 Å². The summed E-state index contributed by atoms with van der Waals surface area (Å²) in [6.07, 6.45) is 10.6. The van der Waals surface area contributed by atoms with Gasteiger partial charge in [-0.15, -0.1) is 11.8 Å². The lowest BCUT2D eigenvalue weighted by molar-refractivity contribution is 1.00. The van der Waals surface area contributed by atoms with Crippen LogP contribution in [0.3, 0.4) is 0 Å². The third-order valence-corrected chi connectivity index (χ3v) is 3.08. The molecule has 0 spiro atoms. The van der Waals surface area contributed by atoms with E-state index in [9.17, 15) is 0 Å². The number of nitrogens with two attached hydrogens (primary N) is 1. The highest BCUT2D eigenvalue weighted by Gasteiger charge is 2.13. The first-order valence-corrected chi connectivity index (χ1v) is 5.23. The highest BCUT2D eigenvalue weighted by atomic mass is 32.2. The number of allylic oxidation sites excluding steroid dienone is 5. The van der Waals surface area contributed by atoms with Crippen LogP contribution in [0.4, 0.5) is 0 Å². The third kappa shape index (κ3) is 3.15. The van der Waals surface area contributed by atoms with Crippen LogP contribution >= 0.6 is 11.8 Å². The molecule has 0 bridgehead atoms. The molecule has 0 aromatic heterocycles. The van der Waals surface area contributed by atoms with Crippen molar-refractivity contribution in [1.82, 2.24) is 0 Å². The van der Waals surface area contributed by atoms with Crippen molar-refractivity contribution in [2.45, 2.75) is 18.6 Å². The molecule has 0 aromatic carbocycles. The van der Waals surface area contributed by atoms with Gasteiger partial charge in [0.15, 0.2) is 0 Å². The van der Waals surface area contributed by atoms with E-state index in [1.54, 1.807) is 6.08 Å². The molecular weight excluding hydrogens is 178 g/mol. The molecule has 13 heavy (non-hydrogen) atoms. The molecule has 1 unspecified atom stereocenters. The third-order valence-electron chi connectivity index (χ3n) is 1.80. The fourth-order valence-corrected chi connectivity index (χ4v) is 2.15. The molecule has 1 nitrogen and oxygen atoms in total. The average molecular weight is 193 g/mol. The molecule has 0 aromatic rings. The monoisotopic (exact) mass is 193 g/mol. The van der Waals surface area contributed by atoms with Gasteiger partial charge in [-0.1, -0.05) is 31.7 Å². The number of hydrogen-bond donors (Lipinski definition) is 1. The Labute approximate surface area is 84.1 Å². The lowest BCUT2D eigenvalue weighted by atomic mass is 10.2. The van der Waals surface area contributed by atoms with E-state index in [0.717, 1.165) is 12.0 Å². The Morgan fingerprint density at radius 1 is 1.69 bits per heavy atom. The Hall–Kier alpha value is -0.890. The molecule has 0 saturated heterocycles. The van der Waals surface area contributed by atoms with Crippen LogP contribution in [0.2, 0.25) is 0 Å². The van der Waals surface area contributed by atoms with Crippen LogP contribution < -0.4 is 5.73 Å². The fourth-order valence-electron chi connectivity index (χ4n) is 1.11. The number of rotatable bonds is 3. The highest BCUT2D eigenvalue weighted by Crippen LogP contribution is 2.36. The van der Waals surface area contributed by atoms with Gasteiger partial charge in [0.05, 0.1) is 0 Å². The lowest BCUT2D eigenvalue weighted by Gasteiger charge is -2.02. The summed E-state index contributed by atoms with van der Waals surface area (Å²) in [5, 5.41) is 0.699. The summed E-state index contributed by atoms with van der Waals surface area (Å²) in [5.41, 5.74) is 6.29. The summed E-state index contributed by atoms with van der Waals surface area (Å²) in [5.74, 6) is 0. The quantitative estimate of drug-likeness (QED) is 0.697. The molecule has 1 rings (SSSR count). The Balaban J connectivity index is 2.49. The molecule has 70 valence electrons. The average Bonchev–Trinajstić information content (AvgIpc) is 2.52. The Morgan fingerprint density at radius 3 is 3.00 bits per heavy atom. The molecule has 1 aliphatic heterocycles. The maximum Gasteiger partial charge on any atom is 0.0102 e. The van der Waals surface area contributed by atoms with E-state index in [4.69, 9.17) is 5.73 Å². The zero-order valence-corrected chi connectivity index (χ0v) is 8.68. The normalized spacial score (nSPS) is 22.8. The van der Waals surface area contributed by atoms with E-state index >= 15 is 0 Å². The van der Waals surface area contributed by atoms with E-state index < -0.39 is 0 Å². The molecule has 0 fully saturated rings. The summed E-state index contributed by atoms with van der Waals surface area (Å²) < 4.78 is 0. The van der Waals surface area contributed by atoms with Gasteiger partial charge in [0.1, 0.15) is 0 Å². The first kappa shape index (κ1) is 10.2. The van der Waals surface area contributed by atoms with Crippen LogP contribution in [-0.2, 0) is 0 Å². The van der Waals surface area contributed by atoms with Crippen molar-refractivity contribution in [3.63, 3.8) is 0 Å². The second-order valence-corrected chi connectivity index (χ2v) is 4.48. The first-order chi connectivity index (χ1) is 6.24. The molecular formula is C11H15NS. The van der Waals surface area contributed by atoms with Gasteiger partial charge in [-0.05, 0) is 24.3 Å². The standard InChI is InChI=1S/C11H15NS/c1-9(5-3-4-8-12)11-7-6-10(2)13-11/h3-5,7-8,10H,1,6,12H2,2H3/b5-3-,8-4-. The van der Waals surface area contributed by atoms with Gasteiger partial charge >= 0.3 is 0 Å². The SMILES string of the molecule is C=C(/C=C\C=C/N)C1=CCC(C)S1. The van der Waals surface area contributed by atoms with Crippen LogP contribution in [0.25, 0.3) is 0 Å². The van der Waals surface area contributed by atoms with Gasteiger partial charge in [-0.25, -0.2) is 0 Å². The largest absolute Gasteiger partial charge is 0.405 e. The van der Waals surface area contributed by atoms with Gasteiger partial charge in [-0.2, -0.15) is 0 Å². The Morgan fingerprint density at radius 2 is 2.46 bits per heavy atom.